The van der Waals surface area contributed by atoms with Crippen molar-refractivity contribution < 1.29 is 18.0 Å². The van der Waals surface area contributed by atoms with Crippen molar-refractivity contribution in [3.05, 3.63) is 48.5 Å². The highest BCUT2D eigenvalue weighted by Crippen LogP contribution is 2.42. The topological polar surface area (TPSA) is 95.6 Å². The Balaban J connectivity index is 1.51. The van der Waals surface area contributed by atoms with E-state index in [0.29, 0.717) is 24.5 Å². The number of sulfonamides is 1. The standard InChI is InChI=1S/C20H21N3O4S2/c1-20(19(25)22-16-6-2-3-7-17(16)28-20)18(24)21-14-8-10-15(11-9-14)29(26,27)23-12-4-5-13-23/h2-3,6-11H,4-5,12-13H2,1H3,(H,21,24)(H,22,25). The maximum atomic E-state index is 12.9. The average molecular weight is 432 g/mol. The number of benzene rings is 2. The van der Waals surface area contributed by atoms with Crippen LogP contribution >= 0.6 is 11.8 Å². The Morgan fingerprint density at radius 2 is 1.76 bits per heavy atom. The highest BCUT2D eigenvalue weighted by atomic mass is 32.2. The molecule has 1 unspecified atom stereocenters. The molecule has 2 aliphatic rings. The average Bonchev–Trinajstić information content (AvgIpc) is 3.25. The van der Waals surface area contributed by atoms with Crippen LogP contribution in [0.5, 0.6) is 0 Å². The van der Waals surface area contributed by atoms with Gasteiger partial charge < -0.3 is 10.6 Å². The molecule has 9 heteroatoms. The van der Waals surface area contributed by atoms with E-state index in [-0.39, 0.29) is 4.90 Å². The molecule has 2 amide bonds. The van der Waals surface area contributed by atoms with Crippen molar-refractivity contribution in [2.24, 2.45) is 0 Å². The van der Waals surface area contributed by atoms with Gasteiger partial charge in [-0.05, 0) is 56.2 Å². The first-order chi connectivity index (χ1) is 13.8. The molecule has 0 aromatic heterocycles. The van der Waals surface area contributed by atoms with Gasteiger partial charge in [0, 0.05) is 23.7 Å². The maximum absolute atomic E-state index is 12.9. The second-order valence-electron chi connectivity index (χ2n) is 7.18. The van der Waals surface area contributed by atoms with E-state index in [9.17, 15) is 18.0 Å². The zero-order chi connectivity index (χ0) is 20.6. The first kappa shape index (κ1) is 19.9. The van der Waals surface area contributed by atoms with Crippen LogP contribution in [0.1, 0.15) is 19.8 Å². The summed E-state index contributed by atoms with van der Waals surface area (Å²) in [7, 11) is -3.51. The van der Waals surface area contributed by atoms with Crippen molar-refractivity contribution in [1.82, 2.24) is 4.31 Å². The van der Waals surface area contributed by atoms with Crippen molar-refractivity contribution in [3.63, 3.8) is 0 Å². The van der Waals surface area contributed by atoms with Crippen molar-refractivity contribution in [1.29, 1.82) is 0 Å². The van der Waals surface area contributed by atoms with Crippen LogP contribution in [0.15, 0.2) is 58.3 Å². The molecule has 1 saturated heterocycles. The third-order valence-electron chi connectivity index (χ3n) is 5.13. The van der Waals surface area contributed by atoms with Crippen LogP contribution < -0.4 is 10.6 Å². The lowest BCUT2D eigenvalue weighted by atomic mass is 10.1. The smallest absolute Gasteiger partial charge is 0.250 e. The molecule has 2 aromatic carbocycles. The van der Waals surface area contributed by atoms with Crippen molar-refractivity contribution in [2.45, 2.75) is 34.3 Å². The monoisotopic (exact) mass is 431 g/mol. The molecule has 0 aliphatic carbocycles. The van der Waals surface area contributed by atoms with E-state index in [1.165, 1.54) is 28.2 Å². The first-order valence-electron chi connectivity index (χ1n) is 9.32. The van der Waals surface area contributed by atoms with Gasteiger partial charge in [-0.3, -0.25) is 9.59 Å². The van der Waals surface area contributed by atoms with Crippen LogP contribution in [0, 0.1) is 0 Å². The van der Waals surface area contributed by atoms with Crippen molar-refractivity contribution >= 4 is 45.0 Å². The fourth-order valence-corrected chi connectivity index (χ4v) is 5.97. The molecule has 29 heavy (non-hydrogen) atoms. The third kappa shape index (κ3) is 3.65. The summed E-state index contributed by atoms with van der Waals surface area (Å²) in [6.07, 6.45) is 1.74. The summed E-state index contributed by atoms with van der Waals surface area (Å²) in [4.78, 5) is 26.5. The number of nitrogens with zero attached hydrogens (tertiary/aromatic N) is 1. The van der Waals surface area contributed by atoms with E-state index in [1.54, 1.807) is 25.1 Å². The molecular weight excluding hydrogens is 410 g/mol. The Bertz CT molecular complexity index is 1060. The number of thioether (sulfide) groups is 1. The molecule has 7 nitrogen and oxygen atoms in total. The lowest BCUT2D eigenvalue weighted by Gasteiger charge is -2.31. The Morgan fingerprint density at radius 3 is 2.45 bits per heavy atom. The number of fused-ring (bicyclic) bond motifs is 1. The number of carbonyl (C=O) groups excluding carboxylic acids is 2. The molecule has 0 saturated carbocycles. The molecule has 2 aromatic rings. The van der Waals surface area contributed by atoms with Gasteiger partial charge in [0.25, 0.3) is 0 Å². The Labute approximate surface area is 173 Å². The normalized spacial score (nSPS) is 22.0. The Kier molecular flexibility index (Phi) is 5.14. The summed E-state index contributed by atoms with van der Waals surface area (Å²) in [5.41, 5.74) is 1.12. The highest BCUT2D eigenvalue weighted by molar-refractivity contribution is 8.02. The molecule has 4 rings (SSSR count). The molecule has 2 N–H and O–H groups in total. The van der Waals surface area contributed by atoms with E-state index < -0.39 is 26.6 Å². The van der Waals surface area contributed by atoms with Gasteiger partial charge in [-0.1, -0.05) is 23.9 Å². The predicted octanol–water partition coefficient (Wildman–Crippen LogP) is 2.91. The van der Waals surface area contributed by atoms with Gasteiger partial charge >= 0.3 is 0 Å². The molecular formula is C20H21N3O4S2. The minimum atomic E-state index is -3.51. The van der Waals surface area contributed by atoms with Crippen molar-refractivity contribution in [3.8, 4) is 0 Å². The molecule has 2 heterocycles. The van der Waals surface area contributed by atoms with Crippen LogP contribution in [0.3, 0.4) is 0 Å². The molecule has 0 bridgehead atoms. The SMILES string of the molecule is CC1(C(=O)Nc2ccc(S(=O)(=O)N3CCCC3)cc2)Sc2ccccc2NC1=O. The summed E-state index contributed by atoms with van der Waals surface area (Å²) in [5.74, 6) is -0.864. The molecule has 2 aliphatic heterocycles. The number of rotatable bonds is 4. The molecule has 152 valence electrons. The van der Waals surface area contributed by atoms with Crippen LogP contribution in [0.2, 0.25) is 0 Å². The quantitative estimate of drug-likeness (QED) is 0.726. The first-order valence-corrected chi connectivity index (χ1v) is 11.6. The largest absolute Gasteiger partial charge is 0.324 e. The van der Waals surface area contributed by atoms with Gasteiger partial charge in [0.2, 0.25) is 21.8 Å². The van der Waals surface area contributed by atoms with E-state index in [1.807, 2.05) is 18.2 Å². The summed E-state index contributed by atoms with van der Waals surface area (Å²) in [6, 6.07) is 13.4. The summed E-state index contributed by atoms with van der Waals surface area (Å²) in [6.45, 7) is 2.64. The fraction of sp³-hybridized carbons (Fsp3) is 0.300. The second kappa shape index (κ2) is 7.47. The van der Waals surface area contributed by atoms with E-state index >= 15 is 0 Å². The Morgan fingerprint density at radius 1 is 1.10 bits per heavy atom. The highest BCUT2D eigenvalue weighted by Gasteiger charge is 2.45. The van der Waals surface area contributed by atoms with Crippen LogP contribution in [0.4, 0.5) is 11.4 Å². The maximum Gasteiger partial charge on any atom is 0.250 e. The Hall–Kier alpha value is -2.36. The number of carbonyl (C=O) groups is 2. The zero-order valence-corrected chi connectivity index (χ0v) is 17.5. The number of nitrogens with one attached hydrogen (secondary N) is 2. The minimum Gasteiger partial charge on any atom is -0.324 e. The summed E-state index contributed by atoms with van der Waals surface area (Å²) < 4.78 is 25.4. The van der Waals surface area contributed by atoms with E-state index in [2.05, 4.69) is 10.6 Å². The third-order valence-corrected chi connectivity index (χ3v) is 8.40. The number of hydrogen-bond acceptors (Lipinski definition) is 5. The zero-order valence-electron chi connectivity index (χ0n) is 15.8. The lowest BCUT2D eigenvalue weighted by molar-refractivity contribution is -0.126. The fourth-order valence-electron chi connectivity index (χ4n) is 3.35. The van der Waals surface area contributed by atoms with E-state index in [0.717, 1.165) is 17.7 Å². The van der Waals surface area contributed by atoms with Crippen LogP contribution in [0.25, 0.3) is 0 Å². The minimum absolute atomic E-state index is 0.197. The molecule has 0 spiro atoms. The van der Waals surface area contributed by atoms with Gasteiger partial charge in [0.15, 0.2) is 4.75 Å². The van der Waals surface area contributed by atoms with Gasteiger partial charge in [0.05, 0.1) is 10.6 Å². The van der Waals surface area contributed by atoms with Gasteiger partial charge in [-0.25, -0.2) is 8.42 Å². The predicted molar refractivity (Wildman–Crippen MR) is 112 cm³/mol. The van der Waals surface area contributed by atoms with Crippen molar-refractivity contribution in [2.75, 3.05) is 23.7 Å². The lowest BCUT2D eigenvalue weighted by Crippen LogP contribution is -2.49. The number of anilines is 2. The van der Waals surface area contributed by atoms with Gasteiger partial charge in [0.1, 0.15) is 0 Å². The van der Waals surface area contributed by atoms with E-state index in [4.69, 9.17) is 0 Å². The van der Waals surface area contributed by atoms with Gasteiger partial charge in [-0.2, -0.15) is 4.31 Å². The number of hydrogen-bond donors (Lipinski definition) is 2. The number of amides is 2. The molecule has 1 atom stereocenters. The summed E-state index contributed by atoms with van der Waals surface area (Å²) in [5, 5.41) is 5.50. The summed E-state index contributed by atoms with van der Waals surface area (Å²) >= 11 is 1.19. The second-order valence-corrected chi connectivity index (χ2v) is 10.6. The molecule has 1 fully saturated rings. The van der Waals surface area contributed by atoms with Gasteiger partial charge in [-0.15, -0.1) is 0 Å². The van der Waals surface area contributed by atoms with Crippen LogP contribution in [-0.4, -0.2) is 42.4 Å². The molecule has 0 radical (unpaired) electrons. The number of para-hydroxylation sites is 1. The van der Waals surface area contributed by atoms with Crippen LogP contribution in [-0.2, 0) is 19.6 Å².